The van der Waals surface area contributed by atoms with E-state index in [0.717, 1.165) is 11.1 Å². The second-order valence-electron chi connectivity index (χ2n) is 6.11. The molecule has 5 nitrogen and oxygen atoms in total. The summed E-state index contributed by atoms with van der Waals surface area (Å²) in [5.41, 5.74) is 2.50. The Labute approximate surface area is 179 Å². The molecule has 1 N–H and O–H groups in total. The molecule has 0 saturated heterocycles. The fourth-order valence-electron chi connectivity index (χ4n) is 2.67. The molecule has 0 aromatic heterocycles. The Morgan fingerprint density at radius 2 is 1.55 bits per heavy atom. The van der Waals surface area contributed by atoms with Crippen LogP contribution in [0, 0.1) is 0 Å². The van der Waals surface area contributed by atoms with E-state index in [0.29, 0.717) is 39.5 Å². The molecular formula is C22H19Cl2NO4. The van der Waals surface area contributed by atoms with Crippen molar-refractivity contribution < 1.29 is 19.4 Å². The zero-order chi connectivity index (χ0) is 20.6. The second-order valence-corrected chi connectivity index (χ2v) is 6.92. The van der Waals surface area contributed by atoms with Gasteiger partial charge in [-0.3, -0.25) is 0 Å². The summed E-state index contributed by atoms with van der Waals surface area (Å²) in [5.74, 6) is 1.60. The highest BCUT2D eigenvalue weighted by molar-refractivity contribution is 6.37. The van der Waals surface area contributed by atoms with Crippen LogP contribution in [0.3, 0.4) is 0 Å². The van der Waals surface area contributed by atoms with Gasteiger partial charge in [-0.05, 0) is 41.0 Å². The van der Waals surface area contributed by atoms with Crippen LogP contribution in [-0.4, -0.2) is 18.5 Å². The molecule has 150 valence electrons. The first-order valence-corrected chi connectivity index (χ1v) is 9.49. The molecule has 0 amide bonds. The van der Waals surface area contributed by atoms with Gasteiger partial charge in [0.05, 0.1) is 23.4 Å². The van der Waals surface area contributed by atoms with Crippen molar-refractivity contribution >= 4 is 29.4 Å². The zero-order valence-electron chi connectivity index (χ0n) is 15.6. The van der Waals surface area contributed by atoms with E-state index in [1.807, 2.05) is 48.5 Å². The lowest BCUT2D eigenvalue weighted by atomic mass is 10.2. The lowest BCUT2D eigenvalue weighted by Crippen LogP contribution is -2.01. The average molecular weight is 432 g/mol. The van der Waals surface area contributed by atoms with Gasteiger partial charge in [-0.2, -0.15) is 0 Å². The van der Waals surface area contributed by atoms with Gasteiger partial charge in [-0.25, -0.2) is 0 Å². The van der Waals surface area contributed by atoms with Crippen LogP contribution in [0.2, 0.25) is 10.0 Å². The van der Waals surface area contributed by atoms with E-state index >= 15 is 0 Å². The molecule has 3 aromatic carbocycles. The second kappa shape index (κ2) is 10.0. The van der Waals surface area contributed by atoms with E-state index in [1.165, 1.54) is 6.21 Å². The molecule has 0 aliphatic rings. The van der Waals surface area contributed by atoms with Crippen LogP contribution in [0.5, 0.6) is 17.2 Å². The van der Waals surface area contributed by atoms with Crippen LogP contribution in [0.1, 0.15) is 16.7 Å². The smallest absolute Gasteiger partial charge is 0.161 e. The normalized spacial score (nSPS) is 10.9. The molecule has 0 saturated carbocycles. The molecule has 3 rings (SSSR count). The third kappa shape index (κ3) is 5.56. The fourth-order valence-corrected chi connectivity index (χ4v) is 3.28. The topological polar surface area (TPSA) is 60.3 Å². The molecule has 0 aliphatic carbocycles. The van der Waals surface area contributed by atoms with E-state index in [-0.39, 0.29) is 6.61 Å². The quantitative estimate of drug-likeness (QED) is 0.271. The number of benzene rings is 3. The molecule has 0 spiro atoms. The van der Waals surface area contributed by atoms with Crippen molar-refractivity contribution in [3.8, 4) is 17.2 Å². The van der Waals surface area contributed by atoms with Gasteiger partial charge < -0.3 is 19.4 Å². The Morgan fingerprint density at radius 1 is 0.862 bits per heavy atom. The Balaban J connectivity index is 1.69. The van der Waals surface area contributed by atoms with Crippen molar-refractivity contribution in [2.75, 3.05) is 7.11 Å². The molecule has 29 heavy (non-hydrogen) atoms. The Hall–Kier alpha value is -2.89. The van der Waals surface area contributed by atoms with Crippen molar-refractivity contribution in [2.45, 2.75) is 13.2 Å². The monoisotopic (exact) mass is 431 g/mol. The summed E-state index contributed by atoms with van der Waals surface area (Å²) in [6.07, 6.45) is 1.24. The molecule has 0 bridgehead atoms. The summed E-state index contributed by atoms with van der Waals surface area (Å²) in [6, 6.07) is 18.7. The van der Waals surface area contributed by atoms with Gasteiger partial charge >= 0.3 is 0 Å². The van der Waals surface area contributed by atoms with E-state index in [2.05, 4.69) is 5.16 Å². The Morgan fingerprint density at radius 3 is 2.21 bits per heavy atom. The van der Waals surface area contributed by atoms with Crippen molar-refractivity contribution in [3.63, 3.8) is 0 Å². The lowest BCUT2D eigenvalue weighted by Gasteiger charge is -2.14. The number of methoxy groups -OCH3 is 1. The summed E-state index contributed by atoms with van der Waals surface area (Å²) in [7, 11) is 1.59. The molecule has 0 heterocycles. The summed E-state index contributed by atoms with van der Waals surface area (Å²) in [6.45, 7) is 0.684. The van der Waals surface area contributed by atoms with Gasteiger partial charge in [0.25, 0.3) is 0 Å². The van der Waals surface area contributed by atoms with Crippen molar-refractivity contribution in [1.29, 1.82) is 0 Å². The first kappa shape index (κ1) is 20.8. The molecule has 0 atom stereocenters. The van der Waals surface area contributed by atoms with E-state index in [1.54, 1.807) is 19.2 Å². The van der Waals surface area contributed by atoms with Crippen molar-refractivity contribution in [1.82, 2.24) is 0 Å². The van der Waals surface area contributed by atoms with E-state index < -0.39 is 0 Å². The number of hydrogen-bond donors (Lipinski definition) is 1. The van der Waals surface area contributed by atoms with Crippen LogP contribution in [0.15, 0.2) is 65.8 Å². The van der Waals surface area contributed by atoms with Crippen molar-refractivity contribution in [3.05, 3.63) is 87.4 Å². The predicted molar refractivity (Wildman–Crippen MR) is 114 cm³/mol. The minimum absolute atomic E-state index is 0.238. The first-order valence-electron chi connectivity index (χ1n) is 8.73. The molecule has 0 radical (unpaired) electrons. The minimum Gasteiger partial charge on any atom is -0.493 e. The van der Waals surface area contributed by atoms with Gasteiger partial charge in [0.15, 0.2) is 17.2 Å². The van der Waals surface area contributed by atoms with Crippen LogP contribution < -0.4 is 14.2 Å². The highest BCUT2D eigenvalue weighted by Gasteiger charge is 2.11. The highest BCUT2D eigenvalue weighted by Crippen LogP contribution is 2.35. The maximum atomic E-state index is 8.63. The molecule has 3 aromatic rings. The van der Waals surface area contributed by atoms with Gasteiger partial charge in [0.1, 0.15) is 13.2 Å². The van der Waals surface area contributed by atoms with Crippen LogP contribution in [0.25, 0.3) is 0 Å². The summed E-state index contributed by atoms with van der Waals surface area (Å²) in [4.78, 5) is 0. The average Bonchev–Trinajstić information content (AvgIpc) is 2.73. The van der Waals surface area contributed by atoms with E-state index in [4.69, 9.17) is 42.6 Å². The number of oxime groups is 1. The summed E-state index contributed by atoms with van der Waals surface area (Å²) >= 11 is 12.4. The standard InChI is InChI=1S/C22H19Cl2NO4/c1-27-21-11-16(7-8-20(21)28-13-15-5-3-2-4-6-15)14-29-22-18(23)9-17(12-25-26)10-19(22)24/h2-12,26H,13-14H2,1H3/b25-12+. The summed E-state index contributed by atoms with van der Waals surface area (Å²) < 4.78 is 17.1. The van der Waals surface area contributed by atoms with Crippen LogP contribution in [-0.2, 0) is 13.2 Å². The maximum absolute atomic E-state index is 8.63. The van der Waals surface area contributed by atoms with Crippen LogP contribution in [0.4, 0.5) is 0 Å². The van der Waals surface area contributed by atoms with Gasteiger partial charge in [0.2, 0.25) is 0 Å². The third-order valence-corrected chi connectivity index (χ3v) is 4.64. The summed E-state index contributed by atoms with van der Waals surface area (Å²) in [5, 5.41) is 12.2. The molecular weight excluding hydrogens is 413 g/mol. The molecule has 0 aliphatic heterocycles. The molecule has 0 unspecified atom stereocenters. The first-order chi connectivity index (χ1) is 14.1. The largest absolute Gasteiger partial charge is 0.493 e. The zero-order valence-corrected chi connectivity index (χ0v) is 17.2. The van der Waals surface area contributed by atoms with Gasteiger partial charge in [-0.1, -0.05) is 64.8 Å². The number of ether oxygens (including phenoxy) is 3. The number of nitrogens with zero attached hydrogens (tertiary/aromatic N) is 1. The molecule has 0 fully saturated rings. The molecule has 7 heteroatoms. The number of rotatable bonds is 8. The minimum atomic E-state index is 0.238. The highest BCUT2D eigenvalue weighted by atomic mass is 35.5. The fraction of sp³-hybridized carbons (Fsp3) is 0.136. The van der Waals surface area contributed by atoms with Crippen molar-refractivity contribution in [2.24, 2.45) is 5.16 Å². The van der Waals surface area contributed by atoms with Gasteiger partial charge in [-0.15, -0.1) is 0 Å². The van der Waals surface area contributed by atoms with E-state index in [9.17, 15) is 0 Å². The lowest BCUT2D eigenvalue weighted by molar-refractivity contribution is 0.281. The number of halogens is 2. The predicted octanol–water partition coefficient (Wildman–Crippen LogP) is 5.97. The number of hydrogen-bond acceptors (Lipinski definition) is 5. The Bertz CT molecular complexity index is 970. The van der Waals surface area contributed by atoms with Crippen LogP contribution >= 0.6 is 23.2 Å². The van der Waals surface area contributed by atoms with Gasteiger partial charge in [0, 0.05) is 0 Å². The third-order valence-electron chi connectivity index (χ3n) is 4.08. The Kier molecular flexibility index (Phi) is 7.22. The maximum Gasteiger partial charge on any atom is 0.161 e. The SMILES string of the molecule is COc1cc(COc2c(Cl)cc(/C=N/O)cc2Cl)ccc1OCc1ccccc1.